The van der Waals surface area contributed by atoms with E-state index in [1.807, 2.05) is 4.57 Å². The lowest BCUT2D eigenvalue weighted by Crippen LogP contribution is -2.43. The molecule has 12 heteroatoms. The van der Waals surface area contributed by atoms with Crippen LogP contribution in [0.15, 0.2) is 35.5 Å². The van der Waals surface area contributed by atoms with E-state index in [4.69, 9.17) is 0 Å². The van der Waals surface area contributed by atoms with Gasteiger partial charge in [-0.2, -0.15) is 23.2 Å². The SMILES string of the molecule is CC(NS(=O)(=O)c1cnc(-c2c(C#N)c3ccc(F)cc3n2C2CCCC2)nc1)C(F)(F)F. The number of nitrogens with zero attached hydrogens (tertiary/aromatic N) is 4. The molecule has 1 atom stereocenters. The fraction of sp³-hybridized carbons (Fsp3) is 0.381. The van der Waals surface area contributed by atoms with Crippen LogP contribution in [-0.2, 0) is 10.0 Å². The Labute approximate surface area is 187 Å². The van der Waals surface area contributed by atoms with Crippen LogP contribution in [0.1, 0.15) is 44.2 Å². The first-order valence-electron chi connectivity index (χ1n) is 10.2. The summed E-state index contributed by atoms with van der Waals surface area (Å²) in [7, 11) is -4.53. The Bertz CT molecular complexity index is 1340. The van der Waals surface area contributed by atoms with Crippen molar-refractivity contribution >= 4 is 20.9 Å². The van der Waals surface area contributed by atoms with E-state index in [2.05, 4.69) is 16.0 Å². The van der Waals surface area contributed by atoms with Gasteiger partial charge in [0, 0.05) is 11.4 Å². The normalized spacial score (nSPS) is 16.2. The summed E-state index contributed by atoms with van der Waals surface area (Å²) in [4.78, 5) is 7.59. The van der Waals surface area contributed by atoms with Gasteiger partial charge >= 0.3 is 6.18 Å². The lowest BCUT2D eigenvalue weighted by Gasteiger charge is -2.18. The first-order chi connectivity index (χ1) is 15.5. The van der Waals surface area contributed by atoms with E-state index in [1.165, 1.54) is 18.2 Å². The number of nitriles is 1. The Balaban J connectivity index is 1.81. The molecule has 2 heterocycles. The Morgan fingerprint density at radius 3 is 2.42 bits per heavy atom. The van der Waals surface area contributed by atoms with Crippen LogP contribution in [-0.4, -0.2) is 35.2 Å². The topological polar surface area (TPSA) is 101 Å². The zero-order valence-corrected chi connectivity index (χ0v) is 18.2. The minimum atomic E-state index is -4.76. The summed E-state index contributed by atoms with van der Waals surface area (Å²) < 4.78 is 80.4. The number of alkyl halides is 3. The number of sulfonamides is 1. The average molecular weight is 481 g/mol. The molecule has 7 nitrogen and oxygen atoms in total. The standard InChI is InChI=1S/C21H19F4N5O2S/c1-12(21(23,24)25)29-33(31,32)15-10-27-20(28-11-15)19-17(9-26)16-7-6-13(22)8-18(16)30(19)14-4-2-3-5-14/h6-8,10-12,14,29H,2-5H2,1H3. The van der Waals surface area contributed by atoms with Gasteiger partial charge in [0.2, 0.25) is 10.0 Å². The fourth-order valence-electron chi connectivity index (χ4n) is 4.10. The van der Waals surface area contributed by atoms with Crippen molar-refractivity contribution in [3.8, 4) is 17.6 Å². The summed E-state index contributed by atoms with van der Waals surface area (Å²) in [6.07, 6.45) is 0.573. The van der Waals surface area contributed by atoms with Gasteiger partial charge in [-0.1, -0.05) is 12.8 Å². The predicted molar refractivity (Wildman–Crippen MR) is 111 cm³/mol. The van der Waals surface area contributed by atoms with Crippen LogP contribution in [0.2, 0.25) is 0 Å². The zero-order chi connectivity index (χ0) is 24.0. The van der Waals surface area contributed by atoms with Crippen molar-refractivity contribution in [3.63, 3.8) is 0 Å². The molecule has 0 bridgehead atoms. The monoisotopic (exact) mass is 481 g/mol. The number of halogens is 4. The number of rotatable bonds is 5. The lowest BCUT2D eigenvalue weighted by molar-refractivity contribution is -0.147. The van der Waals surface area contributed by atoms with E-state index in [-0.39, 0.29) is 17.4 Å². The first kappa shape index (κ1) is 23.1. The summed E-state index contributed by atoms with van der Waals surface area (Å²) in [5.41, 5.74) is 1.05. The van der Waals surface area contributed by atoms with Crippen LogP contribution in [0.3, 0.4) is 0 Å². The molecule has 1 fully saturated rings. The van der Waals surface area contributed by atoms with Gasteiger partial charge in [-0.15, -0.1) is 0 Å². The molecule has 1 unspecified atom stereocenters. The highest BCUT2D eigenvalue weighted by Crippen LogP contribution is 2.40. The van der Waals surface area contributed by atoms with Gasteiger partial charge in [-0.05, 0) is 38.0 Å². The minimum absolute atomic E-state index is 0.0206. The van der Waals surface area contributed by atoms with Gasteiger partial charge in [0.25, 0.3) is 0 Å². The molecule has 0 saturated heterocycles. The van der Waals surface area contributed by atoms with Crippen LogP contribution in [0.4, 0.5) is 17.6 Å². The van der Waals surface area contributed by atoms with Gasteiger partial charge in [0.1, 0.15) is 28.5 Å². The molecular weight excluding hydrogens is 462 g/mol. The smallest absolute Gasteiger partial charge is 0.334 e. The van der Waals surface area contributed by atoms with Gasteiger partial charge < -0.3 is 4.57 Å². The molecule has 0 radical (unpaired) electrons. The fourth-order valence-corrected chi connectivity index (χ4v) is 5.22. The average Bonchev–Trinajstić information content (AvgIpc) is 3.38. The third kappa shape index (κ3) is 4.30. The van der Waals surface area contributed by atoms with Crippen molar-refractivity contribution in [2.75, 3.05) is 0 Å². The Morgan fingerprint density at radius 2 is 1.85 bits per heavy atom. The highest BCUT2D eigenvalue weighted by atomic mass is 32.2. The third-order valence-electron chi connectivity index (χ3n) is 5.74. The largest absolute Gasteiger partial charge is 0.404 e. The maximum atomic E-state index is 14.0. The zero-order valence-electron chi connectivity index (χ0n) is 17.4. The Kier molecular flexibility index (Phi) is 5.88. The second-order valence-electron chi connectivity index (χ2n) is 7.93. The molecule has 33 heavy (non-hydrogen) atoms. The van der Waals surface area contributed by atoms with E-state index in [0.717, 1.165) is 38.1 Å². The Morgan fingerprint density at radius 1 is 1.21 bits per heavy atom. The second kappa shape index (κ2) is 8.39. The number of hydrogen-bond acceptors (Lipinski definition) is 5. The van der Waals surface area contributed by atoms with E-state index in [0.29, 0.717) is 23.5 Å². The summed E-state index contributed by atoms with van der Waals surface area (Å²) in [6, 6.07) is 3.87. The maximum absolute atomic E-state index is 14.0. The maximum Gasteiger partial charge on any atom is 0.404 e. The Hall–Kier alpha value is -3.04. The molecule has 174 valence electrons. The van der Waals surface area contributed by atoms with Gasteiger partial charge in [0.05, 0.1) is 23.5 Å². The quantitative estimate of drug-likeness (QED) is 0.543. The summed E-state index contributed by atoms with van der Waals surface area (Å²) in [6.45, 7) is 0.686. The van der Waals surface area contributed by atoms with Gasteiger partial charge in [0.15, 0.2) is 5.82 Å². The van der Waals surface area contributed by atoms with Crippen LogP contribution in [0, 0.1) is 17.1 Å². The van der Waals surface area contributed by atoms with E-state index < -0.39 is 33.0 Å². The van der Waals surface area contributed by atoms with E-state index in [9.17, 15) is 31.2 Å². The van der Waals surface area contributed by atoms with E-state index in [1.54, 1.807) is 4.72 Å². The molecule has 1 saturated carbocycles. The molecule has 0 spiro atoms. The third-order valence-corrected chi connectivity index (χ3v) is 7.24. The number of benzene rings is 1. The van der Waals surface area contributed by atoms with Crippen molar-refractivity contribution in [1.82, 2.24) is 19.3 Å². The molecule has 0 amide bonds. The summed E-state index contributed by atoms with van der Waals surface area (Å²) in [5.74, 6) is -0.444. The van der Waals surface area contributed by atoms with Crippen molar-refractivity contribution in [2.45, 2.75) is 55.8 Å². The minimum Gasteiger partial charge on any atom is -0.334 e. The van der Waals surface area contributed by atoms with E-state index >= 15 is 0 Å². The number of hydrogen-bond donors (Lipinski definition) is 1. The molecule has 1 aliphatic carbocycles. The number of aromatic nitrogens is 3. The van der Waals surface area contributed by atoms with Crippen molar-refractivity contribution < 1.29 is 26.0 Å². The van der Waals surface area contributed by atoms with Gasteiger partial charge in [-0.3, -0.25) is 0 Å². The van der Waals surface area contributed by atoms with Crippen LogP contribution < -0.4 is 4.72 Å². The molecule has 4 rings (SSSR count). The summed E-state index contributed by atoms with van der Waals surface area (Å²) in [5, 5.41) is 10.4. The number of nitrogens with one attached hydrogen (secondary N) is 1. The molecule has 1 aliphatic rings. The van der Waals surface area contributed by atoms with Crippen molar-refractivity contribution in [1.29, 1.82) is 5.26 Å². The summed E-state index contributed by atoms with van der Waals surface area (Å²) >= 11 is 0. The van der Waals surface area contributed by atoms with Crippen LogP contribution >= 0.6 is 0 Å². The molecule has 2 aromatic heterocycles. The molecule has 3 aromatic rings. The highest BCUT2D eigenvalue weighted by Gasteiger charge is 2.39. The molecular formula is C21H19F4N5O2S. The van der Waals surface area contributed by atoms with Crippen LogP contribution in [0.25, 0.3) is 22.4 Å². The molecule has 1 N–H and O–H groups in total. The number of fused-ring (bicyclic) bond motifs is 1. The second-order valence-corrected chi connectivity index (χ2v) is 9.65. The van der Waals surface area contributed by atoms with Crippen molar-refractivity contribution in [3.05, 3.63) is 42.0 Å². The van der Waals surface area contributed by atoms with Gasteiger partial charge in [-0.25, -0.2) is 22.8 Å². The first-order valence-corrected chi connectivity index (χ1v) is 11.7. The highest BCUT2D eigenvalue weighted by molar-refractivity contribution is 7.89. The molecule has 1 aromatic carbocycles. The predicted octanol–water partition coefficient (Wildman–Crippen LogP) is 4.45. The molecule has 0 aliphatic heterocycles. The van der Waals surface area contributed by atoms with Crippen molar-refractivity contribution in [2.24, 2.45) is 0 Å². The van der Waals surface area contributed by atoms with Crippen LogP contribution in [0.5, 0.6) is 0 Å². The lowest BCUT2D eigenvalue weighted by atomic mass is 10.1.